The molecule has 0 heterocycles. The molecule has 0 bridgehead atoms. The number of hydrogen-bond donors (Lipinski definition) is 2. The van der Waals surface area contributed by atoms with Gasteiger partial charge in [0.05, 0.1) is 6.21 Å². The van der Waals surface area contributed by atoms with E-state index in [0.717, 1.165) is 22.9 Å². The molecule has 0 aromatic heterocycles. The van der Waals surface area contributed by atoms with Gasteiger partial charge in [0.25, 0.3) is 5.91 Å². The summed E-state index contributed by atoms with van der Waals surface area (Å²) in [5.74, 6) is -0.548. The summed E-state index contributed by atoms with van der Waals surface area (Å²) in [5, 5.41) is 8.40. The first-order valence-electron chi connectivity index (χ1n) is 6.61. The summed E-state index contributed by atoms with van der Waals surface area (Å²) in [6.07, 6.45) is 3.33. The van der Waals surface area contributed by atoms with Gasteiger partial charge in [0, 0.05) is 16.6 Å². The summed E-state index contributed by atoms with van der Waals surface area (Å²) in [6.45, 7) is 2.24. The van der Waals surface area contributed by atoms with Crippen LogP contribution < -0.4 is 10.6 Å². The average molecular weight is 356 g/mol. The summed E-state index contributed by atoms with van der Waals surface area (Å²) in [4.78, 5) is 27.5. The van der Waals surface area contributed by atoms with E-state index in [1.165, 1.54) is 6.21 Å². The zero-order chi connectivity index (χ0) is 15.5. The molecule has 0 fully saturated rings. The first kappa shape index (κ1) is 17.2. The summed E-state index contributed by atoms with van der Waals surface area (Å²) in [6, 6.07) is 6.94. The number of nitrogens with one attached hydrogen (secondary N) is 2. The second-order valence-corrected chi connectivity index (χ2v) is 5.04. The normalized spacial score (nSPS) is 10.4. The Balaban J connectivity index is 2.24. The van der Waals surface area contributed by atoms with E-state index in [2.05, 4.69) is 31.7 Å². The molecule has 0 aliphatic rings. The lowest BCUT2D eigenvalue weighted by atomic mass is 10.2. The number of hydrogen-bond acceptors (Lipinski definition) is 4. The smallest absolute Gasteiger partial charge is 0.321 e. The van der Waals surface area contributed by atoms with Gasteiger partial charge in [-0.05, 0) is 12.5 Å². The minimum Gasteiger partial charge on any atom is -0.386 e. The predicted molar refractivity (Wildman–Crippen MR) is 84.1 cm³/mol. The van der Waals surface area contributed by atoms with Crippen molar-refractivity contribution in [1.82, 2.24) is 10.6 Å². The van der Waals surface area contributed by atoms with E-state index in [4.69, 9.17) is 4.84 Å². The highest BCUT2D eigenvalue weighted by Crippen LogP contribution is 2.13. The van der Waals surface area contributed by atoms with E-state index in [0.29, 0.717) is 6.54 Å². The molecule has 7 heteroatoms. The van der Waals surface area contributed by atoms with Crippen molar-refractivity contribution in [2.24, 2.45) is 5.16 Å². The van der Waals surface area contributed by atoms with Gasteiger partial charge >= 0.3 is 6.03 Å². The number of imide groups is 1. The van der Waals surface area contributed by atoms with Gasteiger partial charge in [-0.15, -0.1) is 0 Å². The SMILES string of the molecule is CCCCNC(=O)NC(=O)CO/N=C\c1ccccc1Br. The van der Waals surface area contributed by atoms with Crippen molar-refractivity contribution in [3.63, 3.8) is 0 Å². The molecule has 0 unspecified atom stereocenters. The van der Waals surface area contributed by atoms with E-state index < -0.39 is 11.9 Å². The van der Waals surface area contributed by atoms with Crippen LogP contribution in [0.2, 0.25) is 0 Å². The lowest BCUT2D eigenvalue weighted by Gasteiger charge is -2.05. The molecule has 0 aliphatic heterocycles. The molecule has 0 atom stereocenters. The van der Waals surface area contributed by atoms with E-state index in [9.17, 15) is 9.59 Å². The number of benzene rings is 1. The van der Waals surface area contributed by atoms with Crippen LogP contribution in [0.3, 0.4) is 0 Å². The molecule has 1 aromatic rings. The van der Waals surface area contributed by atoms with Gasteiger partial charge in [-0.2, -0.15) is 0 Å². The van der Waals surface area contributed by atoms with Crippen molar-refractivity contribution in [2.45, 2.75) is 19.8 Å². The maximum atomic E-state index is 11.4. The van der Waals surface area contributed by atoms with Gasteiger partial charge in [-0.25, -0.2) is 4.79 Å². The zero-order valence-electron chi connectivity index (χ0n) is 11.8. The van der Waals surface area contributed by atoms with Crippen LogP contribution in [0.25, 0.3) is 0 Å². The van der Waals surface area contributed by atoms with Crippen LogP contribution in [0, 0.1) is 0 Å². The van der Waals surface area contributed by atoms with Gasteiger partial charge in [-0.1, -0.05) is 52.6 Å². The number of halogens is 1. The number of nitrogens with zero attached hydrogens (tertiary/aromatic N) is 1. The largest absolute Gasteiger partial charge is 0.386 e. The number of oxime groups is 1. The Kier molecular flexibility index (Phi) is 8.11. The van der Waals surface area contributed by atoms with Crippen molar-refractivity contribution >= 4 is 34.1 Å². The Bertz CT molecular complexity index is 506. The zero-order valence-corrected chi connectivity index (χ0v) is 13.4. The van der Waals surface area contributed by atoms with Gasteiger partial charge < -0.3 is 10.2 Å². The monoisotopic (exact) mass is 355 g/mol. The fourth-order valence-corrected chi connectivity index (χ4v) is 1.74. The number of amides is 3. The molecule has 1 rings (SSSR count). The second kappa shape index (κ2) is 9.93. The molecule has 0 saturated carbocycles. The molecule has 21 heavy (non-hydrogen) atoms. The third kappa shape index (κ3) is 7.45. The maximum absolute atomic E-state index is 11.4. The van der Waals surface area contributed by atoms with Crippen LogP contribution in [0.4, 0.5) is 4.79 Å². The number of carbonyl (C=O) groups excluding carboxylic acids is 2. The molecular weight excluding hydrogens is 338 g/mol. The molecule has 114 valence electrons. The molecule has 1 aromatic carbocycles. The van der Waals surface area contributed by atoms with Crippen molar-refractivity contribution in [1.29, 1.82) is 0 Å². The summed E-state index contributed by atoms with van der Waals surface area (Å²) >= 11 is 3.36. The molecule has 0 saturated heterocycles. The lowest BCUT2D eigenvalue weighted by Crippen LogP contribution is -2.41. The van der Waals surface area contributed by atoms with E-state index in [1.54, 1.807) is 0 Å². The minimum atomic E-state index is -0.548. The standard InChI is InChI=1S/C14H18BrN3O3/c1-2-3-8-16-14(20)18-13(19)10-21-17-9-11-6-4-5-7-12(11)15/h4-7,9H,2-3,8,10H2,1H3,(H2,16,18,19,20)/b17-9-. The Morgan fingerprint density at radius 1 is 1.38 bits per heavy atom. The molecule has 0 spiro atoms. The van der Waals surface area contributed by atoms with E-state index in [1.807, 2.05) is 31.2 Å². The molecular formula is C14H18BrN3O3. The van der Waals surface area contributed by atoms with Gasteiger partial charge in [0.1, 0.15) is 0 Å². The fraction of sp³-hybridized carbons (Fsp3) is 0.357. The van der Waals surface area contributed by atoms with Gasteiger partial charge in [0.15, 0.2) is 6.61 Å². The molecule has 3 amide bonds. The number of rotatable bonds is 7. The number of carbonyl (C=O) groups is 2. The minimum absolute atomic E-state index is 0.317. The molecule has 0 aliphatic carbocycles. The highest BCUT2D eigenvalue weighted by atomic mass is 79.9. The third-order valence-corrected chi connectivity index (χ3v) is 3.16. The summed E-state index contributed by atoms with van der Waals surface area (Å²) < 4.78 is 0.872. The lowest BCUT2D eigenvalue weighted by molar-refractivity contribution is -0.124. The Morgan fingerprint density at radius 2 is 2.14 bits per heavy atom. The molecule has 0 radical (unpaired) electrons. The average Bonchev–Trinajstić information content (AvgIpc) is 2.45. The topological polar surface area (TPSA) is 79.8 Å². The van der Waals surface area contributed by atoms with Gasteiger partial charge in [0.2, 0.25) is 0 Å². The second-order valence-electron chi connectivity index (χ2n) is 4.19. The van der Waals surface area contributed by atoms with Crippen LogP contribution in [0.5, 0.6) is 0 Å². The van der Waals surface area contributed by atoms with Crippen LogP contribution in [0.15, 0.2) is 33.9 Å². The van der Waals surface area contributed by atoms with Crippen molar-refractivity contribution in [3.05, 3.63) is 34.3 Å². The Labute approximate surface area is 132 Å². The van der Waals surface area contributed by atoms with E-state index in [-0.39, 0.29) is 6.61 Å². The first-order valence-corrected chi connectivity index (χ1v) is 7.40. The molecule has 6 nitrogen and oxygen atoms in total. The predicted octanol–water partition coefficient (Wildman–Crippen LogP) is 2.43. The third-order valence-electron chi connectivity index (χ3n) is 2.44. The number of urea groups is 1. The van der Waals surface area contributed by atoms with Crippen LogP contribution in [-0.2, 0) is 9.63 Å². The van der Waals surface area contributed by atoms with Crippen molar-refractivity contribution < 1.29 is 14.4 Å². The molecule has 2 N–H and O–H groups in total. The quantitative estimate of drug-likeness (QED) is 0.447. The van der Waals surface area contributed by atoms with E-state index >= 15 is 0 Å². The summed E-state index contributed by atoms with van der Waals surface area (Å²) in [5.41, 5.74) is 0.829. The number of unbranched alkanes of at least 4 members (excludes halogenated alkanes) is 1. The Morgan fingerprint density at radius 3 is 2.86 bits per heavy atom. The highest BCUT2D eigenvalue weighted by molar-refractivity contribution is 9.10. The maximum Gasteiger partial charge on any atom is 0.321 e. The van der Waals surface area contributed by atoms with Crippen LogP contribution in [0.1, 0.15) is 25.3 Å². The van der Waals surface area contributed by atoms with Crippen molar-refractivity contribution in [3.8, 4) is 0 Å². The Hall–Kier alpha value is -1.89. The van der Waals surface area contributed by atoms with Crippen molar-refractivity contribution in [2.75, 3.05) is 13.2 Å². The van der Waals surface area contributed by atoms with Crippen LogP contribution in [-0.4, -0.2) is 31.3 Å². The van der Waals surface area contributed by atoms with Gasteiger partial charge in [-0.3, -0.25) is 10.1 Å². The summed E-state index contributed by atoms with van der Waals surface area (Å²) in [7, 11) is 0. The van der Waals surface area contributed by atoms with Crippen LogP contribution >= 0.6 is 15.9 Å². The first-order chi connectivity index (χ1) is 10.1. The highest BCUT2D eigenvalue weighted by Gasteiger charge is 2.06. The fourth-order valence-electron chi connectivity index (χ4n) is 1.36.